The molecule has 1 aromatic rings. The molecule has 0 bridgehead atoms. The van der Waals surface area contributed by atoms with Crippen molar-refractivity contribution in [3.8, 4) is 0 Å². The summed E-state index contributed by atoms with van der Waals surface area (Å²) in [7, 11) is -3.67. The fraction of sp³-hybridized carbons (Fsp3) is 0.455. The highest BCUT2D eigenvalue weighted by Crippen LogP contribution is 2.20. The fourth-order valence-electron chi connectivity index (χ4n) is 1.38. The summed E-state index contributed by atoms with van der Waals surface area (Å²) in [5, 5.41) is 0. The standard InChI is InChI=1S/C11H14O4S/c1-2-9-3-5-10(6-4-9)16(12,13)15-11-7-8-14-11/h3-6,11H,2,7-8H2,1H3/t11-/m0/s1. The van der Waals surface area contributed by atoms with Gasteiger partial charge in [-0.25, -0.2) is 4.18 Å². The van der Waals surface area contributed by atoms with Crippen LogP contribution in [0.2, 0.25) is 0 Å². The van der Waals surface area contributed by atoms with Crippen LogP contribution in [-0.2, 0) is 25.5 Å². The summed E-state index contributed by atoms with van der Waals surface area (Å²) in [6, 6.07) is 6.70. The largest absolute Gasteiger partial charge is 0.351 e. The van der Waals surface area contributed by atoms with E-state index in [4.69, 9.17) is 8.92 Å². The topological polar surface area (TPSA) is 52.6 Å². The first-order chi connectivity index (χ1) is 7.62. The molecule has 1 saturated heterocycles. The lowest BCUT2D eigenvalue weighted by atomic mass is 10.2. The lowest BCUT2D eigenvalue weighted by Gasteiger charge is -2.25. The third-order valence-electron chi connectivity index (χ3n) is 2.51. The molecule has 0 amide bonds. The van der Waals surface area contributed by atoms with Gasteiger partial charge in [-0.3, -0.25) is 0 Å². The molecule has 0 aliphatic carbocycles. The van der Waals surface area contributed by atoms with Crippen LogP contribution in [0.1, 0.15) is 18.9 Å². The van der Waals surface area contributed by atoms with E-state index < -0.39 is 16.4 Å². The zero-order valence-electron chi connectivity index (χ0n) is 9.05. The molecule has 0 N–H and O–H groups in total. The van der Waals surface area contributed by atoms with Crippen molar-refractivity contribution >= 4 is 10.1 Å². The zero-order chi connectivity index (χ0) is 11.6. The summed E-state index contributed by atoms with van der Waals surface area (Å²) < 4.78 is 33.3. The molecule has 1 fully saturated rings. The van der Waals surface area contributed by atoms with E-state index in [9.17, 15) is 8.42 Å². The van der Waals surface area contributed by atoms with Crippen LogP contribution in [-0.4, -0.2) is 21.3 Å². The van der Waals surface area contributed by atoms with Crippen molar-refractivity contribution in [1.82, 2.24) is 0 Å². The highest BCUT2D eigenvalue weighted by molar-refractivity contribution is 7.86. The van der Waals surface area contributed by atoms with Gasteiger partial charge in [-0.2, -0.15) is 8.42 Å². The van der Waals surface area contributed by atoms with Crippen LogP contribution in [0.3, 0.4) is 0 Å². The molecule has 1 heterocycles. The Hall–Kier alpha value is -0.910. The lowest BCUT2D eigenvalue weighted by molar-refractivity contribution is -0.162. The molecule has 88 valence electrons. The van der Waals surface area contributed by atoms with E-state index in [1.165, 1.54) is 0 Å². The lowest BCUT2D eigenvalue weighted by Crippen LogP contribution is -2.31. The van der Waals surface area contributed by atoms with Crippen molar-refractivity contribution in [3.05, 3.63) is 29.8 Å². The van der Waals surface area contributed by atoms with E-state index >= 15 is 0 Å². The van der Waals surface area contributed by atoms with Crippen LogP contribution < -0.4 is 0 Å². The van der Waals surface area contributed by atoms with E-state index in [-0.39, 0.29) is 4.90 Å². The van der Waals surface area contributed by atoms with Gasteiger partial charge in [0.05, 0.1) is 11.5 Å². The van der Waals surface area contributed by atoms with Gasteiger partial charge in [-0.05, 0) is 24.1 Å². The Balaban J connectivity index is 2.14. The first kappa shape index (κ1) is 11.6. The summed E-state index contributed by atoms with van der Waals surface area (Å²) >= 11 is 0. The predicted molar refractivity (Wildman–Crippen MR) is 58.4 cm³/mol. The van der Waals surface area contributed by atoms with E-state index in [1.807, 2.05) is 6.92 Å². The van der Waals surface area contributed by atoms with Gasteiger partial charge in [0.1, 0.15) is 0 Å². The van der Waals surface area contributed by atoms with Gasteiger partial charge in [0.25, 0.3) is 10.1 Å². The van der Waals surface area contributed by atoms with Crippen LogP contribution in [0, 0.1) is 0 Å². The Morgan fingerprint density at radius 2 is 2.00 bits per heavy atom. The Bertz CT molecular complexity index is 445. The van der Waals surface area contributed by atoms with Gasteiger partial charge in [0.2, 0.25) is 0 Å². The molecule has 5 heteroatoms. The molecule has 0 aromatic heterocycles. The summed E-state index contributed by atoms with van der Waals surface area (Å²) in [5.74, 6) is 0. The average molecular weight is 242 g/mol. The van der Waals surface area contributed by atoms with E-state index in [0.717, 1.165) is 12.0 Å². The molecule has 0 radical (unpaired) electrons. The van der Waals surface area contributed by atoms with Crippen molar-refractivity contribution in [2.24, 2.45) is 0 Å². The van der Waals surface area contributed by atoms with Crippen molar-refractivity contribution < 1.29 is 17.3 Å². The minimum atomic E-state index is -3.67. The minimum Gasteiger partial charge on any atom is -0.351 e. The normalized spacial score (nSPS) is 20.4. The quantitative estimate of drug-likeness (QED) is 0.754. The maximum Gasteiger partial charge on any atom is 0.299 e. The van der Waals surface area contributed by atoms with Crippen LogP contribution >= 0.6 is 0 Å². The smallest absolute Gasteiger partial charge is 0.299 e. The molecule has 1 aromatic carbocycles. The molecular formula is C11H14O4S. The Labute approximate surface area is 95.3 Å². The Morgan fingerprint density at radius 1 is 1.38 bits per heavy atom. The summed E-state index contributed by atoms with van der Waals surface area (Å²) in [5.41, 5.74) is 1.10. The monoisotopic (exact) mass is 242 g/mol. The summed E-state index contributed by atoms with van der Waals surface area (Å²) in [6.45, 7) is 2.58. The fourth-order valence-corrected chi connectivity index (χ4v) is 2.39. The third kappa shape index (κ3) is 2.42. The maximum atomic E-state index is 11.7. The SMILES string of the molecule is CCc1ccc(S(=O)(=O)O[C@H]2CCO2)cc1. The third-order valence-corrected chi connectivity index (χ3v) is 3.83. The predicted octanol–water partition coefficient (Wildman–Crippen LogP) is 1.70. The van der Waals surface area contributed by atoms with Gasteiger partial charge in [-0.15, -0.1) is 0 Å². The molecular weight excluding hydrogens is 228 g/mol. The van der Waals surface area contributed by atoms with Gasteiger partial charge < -0.3 is 4.74 Å². The molecule has 0 saturated carbocycles. The van der Waals surface area contributed by atoms with Crippen molar-refractivity contribution in [1.29, 1.82) is 0 Å². The number of aryl methyl sites for hydroxylation is 1. The first-order valence-corrected chi connectivity index (χ1v) is 6.66. The van der Waals surface area contributed by atoms with Gasteiger partial charge >= 0.3 is 0 Å². The average Bonchev–Trinajstić information content (AvgIpc) is 2.24. The molecule has 1 atom stereocenters. The number of benzene rings is 1. The Kier molecular flexibility index (Phi) is 3.28. The van der Waals surface area contributed by atoms with Crippen LogP contribution in [0.5, 0.6) is 0 Å². The minimum absolute atomic E-state index is 0.181. The van der Waals surface area contributed by atoms with Crippen molar-refractivity contribution in [2.45, 2.75) is 31.0 Å². The number of rotatable bonds is 4. The van der Waals surface area contributed by atoms with Gasteiger partial charge in [0, 0.05) is 6.42 Å². The Morgan fingerprint density at radius 3 is 2.44 bits per heavy atom. The van der Waals surface area contributed by atoms with Crippen molar-refractivity contribution in [3.63, 3.8) is 0 Å². The van der Waals surface area contributed by atoms with Gasteiger partial charge in [-0.1, -0.05) is 19.1 Å². The van der Waals surface area contributed by atoms with E-state index in [2.05, 4.69) is 0 Å². The highest BCUT2D eigenvalue weighted by atomic mass is 32.2. The molecule has 1 aliphatic rings. The number of ether oxygens (including phenoxy) is 1. The molecule has 0 unspecified atom stereocenters. The maximum absolute atomic E-state index is 11.7. The van der Waals surface area contributed by atoms with E-state index in [0.29, 0.717) is 13.0 Å². The second-order valence-electron chi connectivity index (χ2n) is 3.64. The van der Waals surface area contributed by atoms with Crippen molar-refractivity contribution in [2.75, 3.05) is 6.61 Å². The zero-order valence-corrected chi connectivity index (χ0v) is 9.87. The molecule has 0 spiro atoms. The first-order valence-electron chi connectivity index (χ1n) is 5.25. The summed E-state index contributed by atoms with van der Waals surface area (Å²) in [6.07, 6.45) is 0.912. The molecule has 2 rings (SSSR count). The van der Waals surface area contributed by atoms with Crippen LogP contribution in [0.15, 0.2) is 29.2 Å². The molecule has 4 nitrogen and oxygen atoms in total. The molecule has 1 aliphatic heterocycles. The highest BCUT2D eigenvalue weighted by Gasteiger charge is 2.27. The molecule has 16 heavy (non-hydrogen) atoms. The second-order valence-corrected chi connectivity index (χ2v) is 5.21. The van der Waals surface area contributed by atoms with Crippen LogP contribution in [0.25, 0.3) is 0 Å². The number of hydrogen-bond donors (Lipinski definition) is 0. The van der Waals surface area contributed by atoms with Gasteiger partial charge in [0.15, 0.2) is 6.29 Å². The van der Waals surface area contributed by atoms with Crippen LogP contribution in [0.4, 0.5) is 0 Å². The number of hydrogen-bond acceptors (Lipinski definition) is 4. The second kappa shape index (κ2) is 4.53. The van der Waals surface area contributed by atoms with E-state index in [1.54, 1.807) is 24.3 Å². The summed E-state index contributed by atoms with van der Waals surface area (Å²) in [4.78, 5) is 0.181.